The van der Waals surface area contributed by atoms with Crippen LogP contribution in [0, 0.1) is 0 Å². The lowest BCUT2D eigenvalue weighted by molar-refractivity contribution is -0.130. The molecule has 1 heterocycles. The lowest BCUT2D eigenvalue weighted by Gasteiger charge is -2.28. The smallest absolute Gasteiger partial charge is 0.273 e. The fourth-order valence-electron chi connectivity index (χ4n) is 3.93. The summed E-state index contributed by atoms with van der Waals surface area (Å²) < 4.78 is 28.2. The molecule has 4 nitrogen and oxygen atoms in total. The van der Waals surface area contributed by atoms with Crippen LogP contribution in [-0.2, 0) is 9.59 Å². The Morgan fingerprint density at radius 2 is 1.86 bits per heavy atom. The van der Waals surface area contributed by atoms with Gasteiger partial charge < -0.3 is 14.8 Å². The number of hydrogen-bond donors (Lipinski definition) is 1. The molecule has 1 rings (SSSR count). The van der Waals surface area contributed by atoms with Crippen molar-refractivity contribution in [3.05, 3.63) is 0 Å². The van der Waals surface area contributed by atoms with Gasteiger partial charge in [-0.2, -0.15) is 0 Å². The summed E-state index contributed by atoms with van der Waals surface area (Å²) in [6.45, 7) is 4.28. The average Bonchev–Trinajstić information content (AvgIpc) is 2.99. The molecule has 1 aliphatic rings. The number of hydrogen-bond acceptors (Lipinski definition) is 3. The van der Waals surface area contributed by atoms with Crippen LogP contribution in [-0.4, -0.2) is 46.3 Å². The van der Waals surface area contributed by atoms with Crippen LogP contribution in [0.2, 0.25) is 0 Å². The first kappa shape index (κ1) is 25.0. The van der Waals surface area contributed by atoms with Crippen molar-refractivity contribution in [3.63, 3.8) is 0 Å². The highest BCUT2D eigenvalue weighted by Gasteiger charge is 2.39. The van der Waals surface area contributed by atoms with E-state index in [1.165, 1.54) is 0 Å². The van der Waals surface area contributed by atoms with E-state index in [2.05, 4.69) is 0 Å². The topological polar surface area (TPSA) is 57.6 Å². The summed E-state index contributed by atoms with van der Waals surface area (Å²) in [5.41, 5.74) is 0. The number of unbranched alkanes of at least 4 members (excludes halogenated alkanes) is 6. The number of amides is 1. The first-order valence-corrected chi connectivity index (χ1v) is 11.1. The second-order valence-corrected chi connectivity index (χ2v) is 8.31. The number of halogens is 2. The molecule has 164 valence electrons. The number of carbonyl (C=O) groups excluding carboxylic acids is 2. The number of nitrogens with zero attached hydrogens (tertiary/aromatic N) is 1. The number of alkyl halides is 2. The number of carbonyl (C=O) groups is 2. The molecule has 1 fully saturated rings. The van der Waals surface area contributed by atoms with E-state index in [0.29, 0.717) is 38.6 Å². The Hall–Kier alpha value is -1.04. The fourth-order valence-corrected chi connectivity index (χ4v) is 3.93. The highest BCUT2D eigenvalue weighted by molar-refractivity contribution is 5.78. The standard InChI is InChI=1S/C22H39F2NO3/c1-3-4-5-9-16-22(23,24)20(27)14-12-19-13-15-21(28)25(19)17-10-7-6-8-11-18(2)26/h19-20,27H,3-17H2,1-2H3. The molecule has 1 saturated heterocycles. The summed E-state index contributed by atoms with van der Waals surface area (Å²) in [7, 11) is 0. The maximum Gasteiger partial charge on any atom is 0.273 e. The Morgan fingerprint density at radius 1 is 1.18 bits per heavy atom. The monoisotopic (exact) mass is 403 g/mol. The zero-order chi connectivity index (χ0) is 21.0. The van der Waals surface area contributed by atoms with Crippen LogP contribution in [0.3, 0.4) is 0 Å². The third kappa shape index (κ3) is 9.44. The molecule has 0 aromatic carbocycles. The van der Waals surface area contributed by atoms with Gasteiger partial charge in [0.25, 0.3) is 5.92 Å². The van der Waals surface area contributed by atoms with Gasteiger partial charge >= 0.3 is 0 Å². The van der Waals surface area contributed by atoms with Gasteiger partial charge in [0.1, 0.15) is 11.9 Å². The summed E-state index contributed by atoms with van der Waals surface area (Å²) in [6, 6.07) is -0.0322. The number of likely N-dealkylation sites (tertiary alicyclic amines) is 1. The number of aliphatic hydroxyl groups is 1. The van der Waals surface area contributed by atoms with Crippen molar-refractivity contribution in [2.24, 2.45) is 0 Å². The Kier molecular flexibility index (Phi) is 11.8. The van der Waals surface area contributed by atoms with Crippen LogP contribution in [0.4, 0.5) is 8.78 Å². The molecule has 6 heteroatoms. The maximum atomic E-state index is 14.1. The quantitative estimate of drug-likeness (QED) is 0.358. The lowest BCUT2D eigenvalue weighted by atomic mass is 9.98. The number of Topliss-reactive ketones (excluding diaryl/α,β-unsaturated/α-hetero) is 1. The van der Waals surface area contributed by atoms with Crippen molar-refractivity contribution in [1.29, 1.82) is 0 Å². The van der Waals surface area contributed by atoms with Crippen molar-refractivity contribution in [2.45, 2.75) is 122 Å². The minimum Gasteiger partial charge on any atom is -0.387 e. The van der Waals surface area contributed by atoms with Crippen LogP contribution in [0.1, 0.15) is 104 Å². The fraction of sp³-hybridized carbons (Fsp3) is 0.909. The van der Waals surface area contributed by atoms with Crippen molar-refractivity contribution < 1.29 is 23.5 Å². The third-order valence-electron chi connectivity index (χ3n) is 5.75. The summed E-state index contributed by atoms with van der Waals surface area (Å²) >= 11 is 0. The van der Waals surface area contributed by atoms with Crippen LogP contribution in [0.15, 0.2) is 0 Å². The largest absolute Gasteiger partial charge is 0.387 e. The molecular formula is C22H39F2NO3. The van der Waals surface area contributed by atoms with Crippen molar-refractivity contribution in [1.82, 2.24) is 4.90 Å². The normalized spacial score (nSPS) is 18.7. The zero-order valence-electron chi connectivity index (χ0n) is 17.7. The summed E-state index contributed by atoms with van der Waals surface area (Å²) in [4.78, 5) is 24.9. The molecule has 2 atom stereocenters. The van der Waals surface area contributed by atoms with Gasteiger partial charge in [0.2, 0.25) is 5.91 Å². The van der Waals surface area contributed by atoms with E-state index in [9.17, 15) is 23.5 Å². The summed E-state index contributed by atoms with van der Waals surface area (Å²) in [5.74, 6) is -2.75. The SMILES string of the molecule is CCCCCCC(F)(F)C(O)CCC1CCC(=O)N1CCCCCCC(C)=O. The molecular weight excluding hydrogens is 364 g/mol. The van der Waals surface area contributed by atoms with Crippen molar-refractivity contribution >= 4 is 11.7 Å². The maximum absolute atomic E-state index is 14.1. The van der Waals surface area contributed by atoms with E-state index in [0.717, 1.165) is 44.9 Å². The molecule has 28 heavy (non-hydrogen) atoms. The van der Waals surface area contributed by atoms with E-state index in [1.54, 1.807) is 6.92 Å². The highest BCUT2D eigenvalue weighted by Crippen LogP contribution is 2.31. The number of aliphatic hydroxyl groups excluding tert-OH is 1. The van der Waals surface area contributed by atoms with Crippen LogP contribution in [0.5, 0.6) is 0 Å². The van der Waals surface area contributed by atoms with Crippen LogP contribution >= 0.6 is 0 Å². The summed E-state index contributed by atoms with van der Waals surface area (Å²) in [6.07, 6.45) is 7.18. The molecule has 0 aliphatic carbocycles. The van der Waals surface area contributed by atoms with Gasteiger partial charge in [-0.25, -0.2) is 8.78 Å². The summed E-state index contributed by atoms with van der Waals surface area (Å²) in [5, 5.41) is 9.98. The van der Waals surface area contributed by atoms with Crippen LogP contribution < -0.4 is 0 Å². The zero-order valence-corrected chi connectivity index (χ0v) is 17.7. The van der Waals surface area contributed by atoms with Crippen molar-refractivity contribution in [3.8, 4) is 0 Å². The minimum absolute atomic E-state index is 0.0322. The first-order chi connectivity index (χ1) is 13.3. The van der Waals surface area contributed by atoms with Gasteiger partial charge in [-0.3, -0.25) is 4.79 Å². The van der Waals surface area contributed by atoms with Gasteiger partial charge in [-0.15, -0.1) is 0 Å². The number of rotatable bonds is 16. The molecule has 1 N–H and O–H groups in total. The van der Waals surface area contributed by atoms with E-state index in [-0.39, 0.29) is 30.6 Å². The molecule has 2 unspecified atom stereocenters. The molecule has 1 amide bonds. The Balaban J connectivity index is 2.32. The van der Waals surface area contributed by atoms with Gasteiger partial charge in [0.05, 0.1) is 0 Å². The third-order valence-corrected chi connectivity index (χ3v) is 5.75. The Morgan fingerprint density at radius 3 is 2.54 bits per heavy atom. The molecule has 0 aromatic rings. The average molecular weight is 404 g/mol. The molecule has 0 aromatic heterocycles. The van der Waals surface area contributed by atoms with E-state index in [1.807, 2.05) is 11.8 Å². The molecule has 0 radical (unpaired) electrons. The molecule has 1 aliphatic heterocycles. The molecule has 0 bridgehead atoms. The minimum atomic E-state index is -3.04. The van der Waals surface area contributed by atoms with E-state index < -0.39 is 12.0 Å². The predicted octanol–water partition coefficient (Wildman–Crippen LogP) is 5.26. The second-order valence-electron chi connectivity index (χ2n) is 8.31. The first-order valence-electron chi connectivity index (χ1n) is 11.1. The van der Waals surface area contributed by atoms with Crippen molar-refractivity contribution in [2.75, 3.05) is 6.54 Å². The van der Waals surface area contributed by atoms with Gasteiger partial charge in [0.15, 0.2) is 0 Å². The van der Waals surface area contributed by atoms with Crippen LogP contribution in [0.25, 0.3) is 0 Å². The van der Waals surface area contributed by atoms with E-state index >= 15 is 0 Å². The Labute approximate surface area is 169 Å². The van der Waals surface area contributed by atoms with Gasteiger partial charge in [0, 0.05) is 31.8 Å². The Bertz CT molecular complexity index is 471. The molecule has 0 spiro atoms. The van der Waals surface area contributed by atoms with Gasteiger partial charge in [-0.1, -0.05) is 39.0 Å². The van der Waals surface area contributed by atoms with Gasteiger partial charge in [-0.05, 0) is 45.4 Å². The van der Waals surface area contributed by atoms with E-state index in [4.69, 9.17) is 0 Å². The lowest BCUT2D eigenvalue weighted by Crippen LogP contribution is -2.37. The second kappa shape index (κ2) is 13.2. The predicted molar refractivity (Wildman–Crippen MR) is 107 cm³/mol. The number of ketones is 1. The molecule has 0 saturated carbocycles. The highest BCUT2D eigenvalue weighted by atomic mass is 19.3.